The Morgan fingerprint density at radius 3 is 2.79 bits per heavy atom. The number of aromatic amines is 1. The minimum Gasteiger partial charge on any atom is -0.335 e. The highest BCUT2D eigenvalue weighted by molar-refractivity contribution is 5.85. The van der Waals surface area contributed by atoms with Crippen LogP contribution in [0.1, 0.15) is 32.0 Å². The molecule has 1 aliphatic rings. The zero-order chi connectivity index (χ0) is 16.4. The first-order valence-corrected chi connectivity index (χ1v) is 8.10. The van der Waals surface area contributed by atoms with Gasteiger partial charge in [0.05, 0.1) is 17.4 Å². The zero-order valence-corrected chi connectivity index (χ0v) is 14.5. The molecule has 0 radical (unpaired) electrons. The topological polar surface area (TPSA) is 92.1 Å². The number of amides is 1. The normalized spacial score (nSPS) is 19.9. The molecule has 3 N–H and O–H groups in total. The number of carbonyl (C=O) groups excluding carboxylic acids is 1. The highest BCUT2D eigenvalue weighted by Crippen LogP contribution is 2.26. The van der Waals surface area contributed by atoms with Gasteiger partial charge in [-0.3, -0.25) is 9.59 Å². The molecule has 3 rings (SSSR count). The molecule has 1 aliphatic carbocycles. The van der Waals surface area contributed by atoms with E-state index in [0.29, 0.717) is 29.8 Å². The number of hydrogen-bond donors (Lipinski definition) is 2. The third kappa shape index (κ3) is 3.76. The summed E-state index contributed by atoms with van der Waals surface area (Å²) in [6, 6.07) is 7.34. The van der Waals surface area contributed by atoms with Crippen molar-refractivity contribution in [1.82, 2.24) is 14.9 Å². The van der Waals surface area contributed by atoms with Crippen molar-refractivity contribution in [1.29, 1.82) is 0 Å². The SMILES string of the molecule is CCN(Cc1nc2ccccc2c(=O)[nH]1)C(=O)C1CCC(N)C1.Cl. The van der Waals surface area contributed by atoms with Gasteiger partial charge in [0, 0.05) is 18.5 Å². The smallest absolute Gasteiger partial charge is 0.258 e. The molecule has 0 spiro atoms. The standard InChI is InChI=1S/C17H22N4O2.ClH/c1-2-21(17(23)11-7-8-12(18)9-11)10-15-19-14-6-4-3-5-13(14)16(22)20-15;/h3-6,11-12H,2,7-10,18H2,1H3,(H,19,20,22);1H. The number of H-pyrrole nitrogens is 1. The van der Waals surface area contributed by atoms with E-state index in [9.17, 15) is 9.59 Å². The van der Waals surface area contributed by atoms with Crippen molar-refractivity contribution in [3.05, 3.63) is 40.4 Å². The molecule has 0 saturated heterocycles. The van der Waals surface area contributed by atoms with Crippen LogP contribution in [-0.2, 0) is 11.3 Å². The lowest BCUT2D eigenvalue weighted by Gasteiger charge is -2.23. The number of fused-ring (bicyclic) bond motifs is 1. The molecular weight excluding hydrogens is 328 g/mol. The van der Waals surface area contributed by atoms with Crippen LogP contribution in [0.25, 0.3) is 10.9 Å². The van der Waals surface area contributed by atoms with E-state index < -0.39 is 0 Å². The molecule has 0 bridgehead atoms. The lowest BCUT2D eigenvalue weighted by molar-refractivity contribution is -0.135. The number of hydrogen-bond acceptors (Lipinski definition) is 4. The van der Waals surface area contributed by atoms with Crippen molar-refractivity contribution in [3.8, 4) is 0 Å². The van der Waals surface area contributed by atoms with Crippen LogP contribution < -0.4 is 11.3 Å². The van der Waals surface area contributed by atoms with Gasteiger partial charge in [-0.25, -0.2) is 4.98 Å². The summed E-state index contributed by atoms with van der Waals surface area (Å²) in [5.74, 6) is 0.625. The van der Waals surface area contributed by atoms with Gasteiger partial charge in [-0.15, -0.1) is 12.4 Å². The molecule has 1 aromatic heterocycles. The Bertz CT molecular complexity index is 777. The highest BCUT2D eigenvalue weighted by atomic mass is 35.5. The van der Waals surface area contributed by atoms with Gasteiger partial charge < -0.3 is 15.6 Å². The fourth-order valence-corrected chi connectivity index (χ4v) is 3.24. The number of halogens is 1. The second-order valence-corrected chi connectivity index (χ2v) is 6.15. The van der Waals surface area contributed by atoms with E-state index in [1.54, 1.807) is 11.0 Å². The molecule has 1 amide bonds. The second-order valence-electron chi connectivity index (χ2n) is 6.15. The van der Waals surface area contributed by atoms with Crippen LogP contribution in [0, 0.1) is 5.92 Å². The van der Waals surface area contributed by atoms with Crippen LogP contribution in [0.15, 0.2) is 29.1 Å². The number of aromatic nitrogens is 2. The number of rotatable bonds is 4. The highest BCUT2D eigenvalue weighted by Gasteiger charge is 2.30. The Morgan fingerprint density at radius 1 is 1.38 bits per heavy atom. The Hall–Kier alpha value is -1.92. The third-order valence-electron chi connectivity index (χ3n) is 4.52. The molecule has 1 aromatic carbocycles. The Labute approximate surface area is 146 Å². The predicted octanol–water partition coefficient (Wildman–Crippen LogP) is 1.82. The van der Waals surface area contributed by atoms with E-state index in [-0.39, 0.29) is 35.8 Å². The predicted molar refractivity (Wildman–Crippen MR) is 96.0 cm³/mol. The summed E-state index contributed by atoms with van der Waals surface area (Å²) in [4.78, 5) is 33.8. The average molecular weight is 351 g/mol. The van der Waals surface area contributed by atoms with Gasteiger partial charge in [0.15, 0.2) is 0 Å². The molecule has 6 nitrogen and oxygen atoms in total. The number of nitrogens with two attached hydrogens (primary N) is 1. The maximum Gasteiger partial charge on any atom is 0.258 e. The van der Waals surface area contributed by atoms with E-state index in [1.807, 2.05) is 25.1 Å². The van der Waals surface area contributed by atoms with Gasteiger partial charge in [-0.1, -0.05) is 12.1 Å². The molecule has 130 valence electrons. The van der Waals surface area contributed by atoms with Crippen molar-refractivity contribution in [2.75, 3.05) is 6.54 Å². The largest absolute Gasteiger partial charge is 0.335 e. The second kappa shape index (κ2) is 7.77. The molecule has 7 heteroatoms. The van der Waals surface area contributed by atoms with Crippen molar-refractivity contribution in [2.24, 2.45) is 11.7 Å². The van der Waals surface area contributed by atoms with Gasteiger partial charge in [0.1, 0.15) is 5.82 Å². The van der Waals surface area contributed by atoms with Gasteiger partial charge in [-0.05, 0) is 38.3 Å². The van der Waals surface area contributed by atoms with Crippen LogP contribution in [0.5, 0.6) is 0 Å². The summed E-state index contributed by atoms with van der Waals surface area (Å²) in [7, 11) is 0. The van der Waals surface area contributed by atoms with Crippen LogP contribution in [0.3, 0.4) is 0 Å². The van der Waals surface area contributed by atoms with E-state index in [0.717, 1.165) is 19.3 Å². The summed E-state index contributed by atoms with van der Waals surface area (Å²) < 4.78 is 0. The third-order valence-corrected chi connectivity index (χ3v) is 4.52. The molecule has 1 fully saturated rings. The summed E-state index contributed by atoms with van der Waals surface area (Å²) in [6.07, 6.45) is 2.49. The van der Waals surface area contributed by atoms with Gasteiger partial charge in [-0.2, -0.15) is 0 Å². The maximum atomic E-state index is 12.6. The Kier molecular flexibility index (Phi) is 5.96. The first-order chi connectivity index (χ1) is 11.1. The van der Waals surface area contributed by atoms with Crippen molar-refractivity contribution >= 4 is 29.2 Å². The average Bonchev–Trinajstić information content (AvgIpc) is 2.98. The monoisotopic (exact) mass is 350 g/mol. The number of benzene rings is 1. The Morgan fingerprint density at radius 2 is 2.12 bits per heavy atom. The zero-order valence-electron chi connectivity index (χ0n) is 13.7. The van der Waals surface area contributed by atoms with Crippen molar-refractivity contribution in [3.63, 3.8) is 0 Å². The van der Waals surface area contributed by atoms with Gasteiger partial charge in [0.25, 0.3) is 5.56 Å². The minimum absolute atomic E-state index is 0. The van der Waals surface area contributed by atoms with E-state index >= 15 is 0 Å². The van der Waals surface area contributed by atoms with E-state index in [1.165, 1.54) is 0 Å². The Balaban J connectivity index is 0.00000208. The van der Waals surface area contributed by atoms with Gasteiger partial charge >= 0.3 is 0 Å². The molecular formula is C17H23ClN4O2. The molecule has 2 atom stereocenters. The van der Waals surface area contributed by atoms with Crippen LogP contribution in [0.4, 0.5) is 0 Å². The van der Waals surface area contributed by atoms with Crippen LogP contribution in [0.2, 0.25) is 0 Å². The van der Waals surface area contributed by atoms with E-state index in [4.69, 9.17) is 5.73 Å². The summed E-state index contributed by atoms with van der Waals surface area (Å²) in [5, 5.41) is 0.562. The van der Waals surface area contributed by atoms with Crippen molar-refractivity contribution < 1.29 is 4.79 Å². The molecule has 1 heterocycles. The molecule has 2 unspecified atom stereocenters. The molecule has 24 heavy (non-hydrogen) atoms. The molecule has 0 aliphatic heterocycles. The quantitative estimate of drug-likeness (QED) is 0.879. The molecule has 1 saturated carbocycles. The van der Waals surface area contributed by atoms with Crippen LogP contribution in [-0.4, -0.2) is 33.4 Å². The fourth-order valence-electron chi connectivity index (χ4n) is 3.24. The lowest BCUT2D eigenvalue weighted by atomic mass is 10.1. The number of nitrogens with zero attached hydrogens (tertiary/aromatic N) is 2. The number of carbonyl (C=O) groups is 1. The number of para-hydroxylation sites is 1. The molecule has 2 aromatic rings. The first kappa shape index (κ1) is 18.4. The minimum atomic E-state index is -0.169. The lowest BCUT2D eigenvalue weighted by Crippen LogP contribution is -2.36. The fraction of sp³-hybridized carbons (Fsp3) is 0.471. The summed E-state index contributed by atoms with van der Waals surface area (Å²) >= 11 is 0. The summed E-state index contributed by atoms with van der Waals surface area (Å²) in [5.41, 5.74) is 6.39. The maximum absolute atomic E-state index is 12.6. The van der Waals surface area contributed by atoms with Crippen LogP contribution >= 0.6 is 12.4 Å². The summed E-state index contributed by atoms with van der Waals surface area (Å²) in [6.45, 7) is 2.84. The van der Waals surface area contributed by atoms with Crippen molar-refractivity contribution in [2.45, 2.75) is 38.8 Å². The van der Waals surface area contributed by atoms with E-state index in [2.05, 4.69) is 9.97 Å². The number of nitrogens with one attached hydrogen (secondary N) is 1. The first-order valence-electron chi connectivity index (χ1n) is 8.10. The van der Waals surface area contributed by atoms with Gasteiger partial charge in [0.2, 0.25) is 5.91 Å².